The molecule has 0 fully saturated rings. The third-order valence-corrected chi connectivity index (χ3v) is 5.54. The largest absolute Gasteiger partial charge is 0.461 e. The molecule has 1 N–H and O–H groups in total. The quantitative estimate of drug-likeness (QED) is 0.628. The number of hydrogen-bond donors (Lipinski definition) is 1. The second-order valence-electron chi connectivity index (χ2n) is 6.79. The molecule has 2 aromatic heterocycles. The number of aryl methyl sites for hydroxylation is 1. The monoisotopic (exact) mass is 384 g/mol. The van der Waals surface area contributed by atoms with Gasteiger partial charge in [0.25, 0.3) is 0 Å². The average molecular weight is 385 g/mol. The highest BCUT2D eigenvalue weighted by atomic mass is 32.2. The number of benzene rings is 1. The summed E-state index contributed by atoms with van der Waals surface area (Å²) in [6.45, 7) is 8.13. The zero-order valence-electron chi connectivity index (χ0n) is 16.2. The van der Waals surface area contributed by atoms with E-state index in [0.717, 1.165) is 16.8 Å². The van der Waals surface area contributed by atoms with Gasteiger partial charge in [-0.15, -0.1) is 10.2 Å². The minimum Gasteiger partial charge on any atom is -0.461 e. The van der Waals surface area contributed by atoms with E-state index in [-0.39, 0.29) is 11.2 Å². The van der Waals surface area contributed by atoms with Crippen LogP contribution in [0.5, 0.6) is 0 Å². The van der Waals surface area contributed by atoms with E-state index in [4.69, 9.17) is 4.42 Å². The fourth-order valence-electron chi connectivity index (χ4n) is 2.82. The number of aromatic nitrogens is 3. The minimum absolute atomic E-state index is 0.0567. The molecule has 1 atom stereocenters. The predicted molar refractivity (Wildman–Crippen MR) is 108 cm³/mol. The Bertz CT molecular complexity index is 932. The van der Waals surface area contributed by atoms with E-state index in [1.54, 1.807) is 12.3 Å². The Balaban J connectivity index is 1.74. The molecule has 0 spiro atoms. The van der Waals surface area contributed by atoms with Crippen LogP contribution >= 0.6 is 11.8 Å². The van der Waals surface area contributed by atoms with Crippen molar-refractivity contribution in [2.45, 2.75) is 44.0 Å². The molecule has 142 valence electrons. The van der Waals surface area contributed by atoms with Crippen molar-refractivity contribution >= 4 is 23.4 Å². The molecule has 0 saturated carbocycles. The van der Waals surface area contributed by atoms with Crippen LogP contribution in [0.25, 0.3) is 11.6 Å². The number of amides is 1. The number of para-hydroxylation sites is 1. The average Bonchev–Trinajstić information content (AvgIpc) is 3.27. The minimum atomic E-state index is -0.322. The number of thioether (sulfide) groups is 1. The molecule has 0 aliphatic heterocycles. The van der Waals surface area contributed by atoms with E-state index >= 15 is 0 Å². The Morgan fingerprint density at radius 3 is 2.63 bits per heavy atom. The molecule has 3 aromatic rings. The third-order valence-electron chi connectivity index (χ3n) is 4.40. The zero-order valence-corrected chi connectivity index (χ0v) is 17.0. The first-order chi connectivity index (χ1) is 12.9. The lowest BCUT2D eigenvalue weighted by Crippen LogP contribution is -2.24. The molecule has 7 heteroatoms. The summed E-state index contributed by atoms with van der Waals surface area (Å²) >= 11 is 1.37. The van der Waals surface area contributed by atoms with E-state index in [1.165, 1.54) is 11.8 Å². The van der Waals surface area contributed by atoms with Crippen molar-refractivity contribution in [2.75, 3.05) is 5.32 Å². The van der Waals surface area contributed by atoms with Gasteiger partial charge in [0.05, 0.1) is 11.5 Å². The van der Waals surface area contributed by atoms with Crippen molar-refractivity contribution in [3.8, 4) is 11.6 Å². The molecule has 2 heterocycles. The highest BCUT2D eigenvalue weighted by molar-refractivity contribution is 8.00. The molecular formula is C20H24N4O2S. The highest BCUT2D eigenvalue weighted by Gasteiger charge is 2.21. The van der Waals surface area contributed by atoms with Gasteiger partial charge in [0, 0.05) is 12.7 Å². The van der Waals surface area contributed by atoms with Crippen molar-refractivity contribution in [3.63, 3.8) is 0 Å². The number of nitrogens with one attached hydrogen (secondary N) is 1. The first-order valence-corrected chi connectivity index (χ1v) is 9.76. The van der Waals surface area contributed by atoms with E-state index in [2.05, 4.69) is 35.4 Å². The summed E-state index contributed by atoms with van der Waals surface area (Å²) in [5, 5.41) is 11.8. The van der Waals surface area contributed by atoms with Crippen LogP contribution in [0.1, 0.15) is 37.8 Å². The SMILES string of the molecule is Cc1cccc(C(C)C)c1NC(=O)C(C)Sc1nnc(-c2ccco2)n1C. The normalized spacial score (nSPS) is 12.4. The number of furan rings is 1. The lowest BCUT2D eigenvalue weighted by atomic mass is 9.98. The van der Waals surface area contributed by atoms with Gasteiger partial charge in [0.15, 0.2) is 16.7 Å². The highest BCUT2D eigenvalue weighted by Crippen LogP contribution is 2.30. The lowest BCUT2D eigenvalue weighted by Gasteiger charge is -2.18. The second-order valence-corrected chi connectivity index (χ2v) is 8.09. The van der Waals surface area contributed by atoms with Crippen molar-refractivity contribution in [1.82, 2.24) is 14.8 Å². The van der Waals surface area contributed by atoms with Crippen molar-refractivity contribution < 1.29 is 9.21 Å². The Hall–Kier alpha value is -2.54. The summed E-state index contributed by atoms with van der Waals surface area (Å²) in [6, 6.07) is 9.73. The van der Waals surface area contributed by atoms with Crippen LogP contribution in [-0.4, -0.2) is 25.9 Å². The van der Waals surface area contributed by atoms with Gasteiger partial charge in [-0.25, -0.2) is 0 Å². The predicted octanol–water partition coefficient (Wildman–Crippen LogP) is 4.63. The molecule has 1 amide bonds. The van der Waals surface area contributed by atoms with Crippen LogP contribution in [0.2, 0.25) is 0 Å². The maximum atomic E-state index is 12.8. The van der Waals surface area contributed by atoms with Crippen LogP contribution < -0.4 is 5.32 Å². The van der Waals surface area contributed by atoms with Gasteiger partial charge in [-0.3, -0.25) is 4.79 Å². The Labute approximate surface area is 163 Å². The Morgan fingerprint density at radius 2 is 1.96 bits per heavy atom. The number of hydrogen-bond acceptors (Lipinski definition) is 5. The maximum Gasteiger partial charge on any atom is 0.237 e. The fraction of sp³-hybridized carbons (Fsp3) is 0.350. The number of anilines is 1. The van der Waals surface area contributed by atoms with Crippen molar-refractivity contribution in [3.05, 3.63) is 47.7 Å². The molecule has 0 bridgehead atoms. The summed E-state index contributed by atoms with van der Waals surface area (Å²) < 4.78 is 7.22. The molecule has 0 aliphatic rings. The molecule has 27 heavy (non-hydrogen) atoms. The fourth-order valence-corrected chi connectivity index (χ4v) is 3.63. The van der Waals surface area contributed by atoms with Crippen LogP contribution in [0.3, 0.4) is 0 Å². The molecular weight excluding hydrogens is 360 g/mol. The molecule has 1 aromatic carbocycles. The van der Waals surface area contributed by atoms with Gasteiger partial charge < -0.3 is 14.3 Å². The third kappa shape index (κ3) is 4.08. The van der Waals surface area contributed by atoms with Gasteiger partial charge in [-0.2, -0.15) is 0 Å². The van der Waals surface area contributed by atoms with Gasteiger partial charge in [-0.1, -0.05) is 43.8 Å². The van der Waals surface area contributed by atoms with Gasteiger partial charge in [-0.05, 0) is 43.0 Å². The van der Waals surface area contributed by atoms with Gasteiger partial charge >= 0.3 is 0 Å². The lowest BCUT2D eigenvalue weighted by molar-refractivity contribution is -0.115. The number of rotatable bonds is 6. The Morgan fingerprint density at radius 1 is 1.19 bits per heavy atom. The standard InChI is InChI=1S/C20H24N4O2S/c1-12(2)15-9-6-8-13(3)17(15)21-19(25)14(4)27-20-23-22-18(24(20)5)16-10-7-11-26-16/h6-12,14H,1-5H3,(H,21,25). The number of nitrogens with zero attached hydrogens (tertiary/aromatic N) is 3. The van der Waals surface area contributed by atoms with Crippen LogP contribution in [0.4, 0.5) is 5.69 Å². The maximum absolute atomic E-state index is 12.8. The van der Waals surface area contributed by atoms with Crippen LogP contribution in [-0.2, 0) is 11.8 Å². The zero-order chi connectivity index (χ0) is 19.6. The van der Waals surface area contributed by atoms with Crippen molar-refractivity contribution in [2.24, 2.45) is 7.05 Å². The van der Waals surface area contributed by atoms with Crippen LogP contribution in [0, 0.1) is 6.92 Å². The summed E-state index contributed by atoms with van der Waals surface area (Å²) in [5.74, 6) is 1.56. The molecule has 3 rings (SSSR count). The number of carbonyl (C=O) groups is 1. The molecule has 1 unspecified atom stereocenters. The van der Waals surface area contributed by atoms with Crippen LogP contribution in [0.15, 0.2) is 46.2 Å². The second kappa shape index (κ2) is 8.00. The summed E-state index contributed by atoms with van der Waals surface area (Å²) in [4.78, 5) is 12.8. The smallest absolute Gasteiger partial charge is 0.237 e. The first-order valence-electron chi connectivity index (χ1n) is 8.88. The summed E-state index contributed by atoms with van der Waals surface area (Å²) in [6.07, 6.45) is 1.60. The summed E-state index contributed by atoms with van der Waals surface area (Å²) in [7, 11) is 1.86. The van der Waals surface area contributed by atoms with E-state index in [1.807, 2.05) is 43.7 Å². The van der Waals surface area contributed by atoms with E-state index in [0.29, 0.717) is 22.7 Å². The summed E-state index contributed by atoms with van der Waals surface area (Å²) in [5.41, 5.74) is 3.10. The van der Waals surface area contributed by atoms with Gasteiger partial charge in [0.1, 0.15) is 0 Å². The molecule has 0 saturated heterocycles. The topological polar surface area (TPSA) is 73.0 Å². The number of carbonyl (C=O) groups excluding carboxylic acids is 1. The molecule has 0 radical (unpaired) electrons. The first kappa shape index (κ1) is 19.2. The van der Waals surface area contributed by atoms with E-state index < -0.39 is 0 Å². The van der Waals surface area contributed by atoms with E-state index in [9.17, 15) is 4.79 Å². The Kier molecular flexibility index (Phi) is 5.70. The molecule has 6 nitrogen and oxygen atoms in total. The van der Waals surface area contributed by atoms with Gasteiger partial charge in [0.2, 0.25) is 5.91 Å². The molecule has 0 aliphatic carbocycles. The van der Waals surface area contributed by atoms with Crippen molar-refractivity contribution in [1.29, 1.82) is 0 Å².